The van der Waals surface area contributed by atoms with Crippen LogP contribution < -0.4 is 10.6 Å². The minimum absolute atomic E-state index is 0.314. The van der Waals surface area contributed by atoms with Gasteiger partial charge in [-0.1, -0.05) is 6.92 Å². The van der Waals surface area contributed by atoms with E-state index in [2.05, 4.69) is 16.8 Å². The second-order valence-electron chi connectivity index (χ2n) is 3.36. The lowest BCUT2D eigenvalue weighted by Crippen LogP contribution is -2.28. The fourth-order valence-corrected chi connectivity index (χ4v) is 2.18. The summed E-state index contributed by atoms with van der Waals surface area (Å²) < 4.78 is 0. The molecule has 1 saturated heterocycles. The molecule has 0 aromatic carbocycles. The van der Waals surface area contributed by atoms with Gasteiger partial charge in [-0.05, 0) is 5.92 Å². The van der Waals surface area contributed by atoms with E-state index < -0.39 is 0 Å². The standard InChI is InChI=1S/C8H13N3S/c1-6-4-11(5-7(6)9)8-10-2-3-12-8/h2-3,6-7H,4-5,9H2,1H3. The number of anilines is 1. The minimum Gasteiger partial charge on any atom is -0.346 e. The predicted molar refractivity (Wildman–Crippen MR) is 51.5 cm³/mol. The van der Waals surface area contributed by atoms with Crippen molar-refractivity contribution in [2.75, 3.05) is 18.0 Å². The average molecular weight is 183 g/mol. The van der Waals surface area contributed by atoms with E-state index in [0.29, 0.717) is 12.0 Å². The van der Waals surface area contributed by atoms with Crippen LogP contribution in [0.15, 0.2) is 11.6 Å². The van der Waals surface area contributed by atoms with E-state index in [0.717, 1.165) is 18.2 Å². The molecule has 3 nitrogen and oxygen atoms in total. The van der Waals surface area contributed by atoms with Gasteiger partial charge in [0.1, 0.15) is 0 Å². The molecular formula is C8H13N3S. The topological polar surface area (TPSA) is 42.2 Å². The minimum atomic E-state index is 0.314. The van der Waals surface area contributed by atoms with Crippen LogP contribution in [0.5, 0.6) is 0 Å². The van der Waals surface area contributed by atoms with Crippen LogP contribution in [0.1, 0.15) is 6.92 Å². The maximum atomic E-state index is 5.91. The Bertz CT molecular complexity index is 237. The van der Waals surface area contributed by atoms with Crippen molar-refractivity contribution in [1.82, 2.24) is 4.98 Å². The molecule has 1 aliphatic heterocycles. The fourth-order valence-electron chi connectivity index (χ4n) is 1.52. The molecule has 1 aromatic rings. The van der Waals surface area contributed by atoms with E-state index in [1.54, 1.807) is 11.3 Å². The Hall–Kier alpha value is -0.610. The van der Waals surface area contributed by atoms with E-state index >= 15 is 0 Å². The summed E-state index contributed by atoms with van der Waals surface area (Å²) >= 11 is 1.68. The van der Waals surface area contributed by atoms with Gasteiger partial charge in [-0.3, -0.25) is 0 Å². The first kappa shape index (κ1) is 8.01. The summed E-state index contributed by atoms with van der Waals surface area (Å²) in [6.45, 7) is 4.20. The molecule has 66 valence electrons. The van der Waals surface area contributed by atoms with E-state index in [9.17, 15) is 0 Å². The van der Waals surface area contributed by atoms with Gasteiger partial charge in [-0.25, -0.2) is 4.98 Å². The van der Waals surface area contributed by atoms with Crippen molar-refractivity contribution in [2.24, 2.45) is 11.7 Å². The van der Waals surface area contributed by atoms with Crippen LogP contribution in [0.2, 0.25) is 0 Å². The first-order chi connectivity index (χ1) is 5.77. The number of thiazole rings is 1. The molecule has 2 unspecified atom stereocenters. The van der Waals surface area contributed by atoms with Gasteiger partial charge in [-0.2, -0.15) is 0 Å². The molecule has 0 spiro atoms. The molecule has 0 radical (unpaired) electrons. The molecule has 2 rings (SSSR count). The summed E-state index contributed by atoms with van der Waals surface area (Å²) in [7, 11) is 0. The Labute approximate surface area is 76.2 Å². The van der Waals surface area contributed by atoms with E-state index in [1.807, 2.05) is 11.6 Å². The number of hydrogen-bond acceptors (Lipinski definition) is 4. The fraction of sp³-hybridized carbons (Fsp3) is 0.625. The third-order valence-corrected chi connectivity index (χ3v) is 3.19. The van der Waals surface area contributed by atoms with Crippen molar-refractivity contribution in [2.45, 2.75) is 13.0 Å². The molecule has 1 aliphatic rings. The molecule has 2 atom stereocenters. The quantitative estimate of drug-likeness (QED) is 0.704. The van der Waals surface area contributed by atoms with Gasteiger partial charge in [-0.15, -0.1) is 11.3 Å². The number of aromatic nitrogens is 1. The molecule has 2 N–H and O–H groups in total. The number of hydrogen-bond donors (Lipinski definition) is 1. The van der Waals surface area contributed by atoms with Gasteiger partial charge >= 0.3 is 0 Å². The predicted octanol–water partition coefficient (Wildman–Crippen LogP) is 0.926. The van der Waals surface area contributed by atoms with Crippen LogP contribution in [0.4, 0.5) is 5.13 Å². The SMILES string of the molecule is CC1CN(c2nccs2)CC1N. The van der Waals surface area contributed by atoms with Gasteiger partial charge in [0.2, 0.25) is 0 Å². The Morgan fingerprint density at radius 1 is 1.67 bits per heavy atom. The molecule has 0 bridgehead atoms. The second kappa shape index (κ2) is 3.03. The molecule has 4 heteroatoms. The van der Waals surface area contributed by atoms with Crippen molar-refractivity contribution < 1.29 is 0 Å². The third kappa shape index (κ3) is 1.32. The Balaban J connectivity index is 2.09. The normalized spacial score (nSPS) is 29.7. The Kier molecular flexibility index (Phi) is 2.02. The van der Waals surface area contributed by atoms with Crippen molar-refractivity contribution in [1.29, 1.82) is 0 Å². The number of rotatable bonds is 1. The van der Waals surface area contributed by atoms with Crippen LogP contribution in [-0.2, 0) is 0 Å². The lowest BCUT2D eigenvalue weighted by atomic mass is 10.1. The molecule has 12 heavy (non-hydrogen) atoms. The first-order valence-corrected chi connectivity index (χ1v) is 5.05. The lowest BCUT2D eigenvalue weighted by Gasteiger charge is -2.12. The van der Waals surface area contributed by atoms with Gasteiger partial charge in [0.05, 0.1) is 0 Å². The highest BCUT2D eigenvalue weighted by Gasteiger charge is 2.27. The number of nitrogens with two attached hydrogens (primary N) is 1. The molecule has 0 amide bonds. The van der Waals surface area contributed by atoms with Gasteiger partial charge < -0.3 is 10.6 Å². The summed E-state index contributed by atoms with van der Waals surface area (Å²) in [6.07, 6.45) is 1.84. The Morgan fingerprint density at radius 3 is 3.00 bits per heavy atom. The van der Waals surface area contributed by atoms with Crippen LogP contribution in [0.25, 0.3) is 0 Å². The van der Waals surface area contributed by atoms with Gasteiger partial charge in [0.25, 0.3) is 0 Å². The maximum absolute atomic E-state index is 5.91. The molecule has 0 aliphatic carbocycles. The van der Waals surface area contributed by atoms with Crippen molar-refractivity contribution >= 4 is 16.5 Å². The zero-order valence-corrected chi connectivity index (χ0v) is 7.92. The van der Waals surface area contributed by atoms with E-state index in [4.69, 9.17) is 5.73 Å². The highest BCUT2D eigenvalue weighted by molar-refractivity contribution is 7.13. The van der Waals surface area contributed by atoms with Crippen LogP contribution in [0, 0.1) is 5.92 Å². The average Bonchev–Trinajstić information content (AvgIpc) is 2.61. The molecule has 2 heterocycles. The largest absolute Gasteiger partial charge is 0.346 e. The third-order valence-electron chi connectivity index (χ3n) is 2.36. The van der Waals surface area contributed by atoms with Gasteiger partial charge in [0.15, 0.2) is 5.13 Å². The highest BCUT2D eigenvalue weighted by Crippen LogP contribution is 2.24. The van der Waals surface area contributed by atoms with Crippen LogP contribution in [-0.4, -0.2) is 24.1 Å². The molecule has 0 saturated carbocycles. The summed E-state index contributed by atoms with van der Waals surface area (Å²) in [5.41, 5.74) is 5.91. The zero-order valence-electron chi connectivity index (χ0n) is 7.10. The van der Waals surface area contributed by atoms with Gasteiger partial charge in [0, 0.05) is 30.7 Å². The summed E-state index contributed by atoms with van der Waals surface area (Å²) in [6, 6.07) is 0.314. The van der Waals surface area contributed by atoms with Crippen molar-refractivity contribution in [3.8, 4) is 0 Å². The maximum Gasteiger partial charge on any atom is 0.185 e. The zero-order chi connectivity index (χ0) is 8.55. The number of nitrogens with zero attached hydrogens (tertiary/aromatic N) is 2. The van der Waals surface area contributed by atoms with E-state index in [1.165, 1.54) is 0 Å². The van der Waals surface area contributed by atoms with Crippen molar-refractivity contribution in [3.63, 3.8) is 0 Å². The van der Waals surface area contributed by atoms with Crippen LogP contribution >= 0.6 is 11.3 Å². The van der Waals surface area contributed by atoms with Crippen LogP contribution in [0.3, 0.4) is 0 Å². The monoisotopic (exact) mass is 183 g/mol. The molecule has 1 aromatic heterocycles. The molecular weight excluding hydrogens is 170 g/mol. The summed E-state index contributed by atoms with van der Waals surface area (Å²) in [5, 5.41) is 3.11. The first-order valence-electron chi connectivity index (χ1n) is 4.17. The lowest BCUT2D eigenvalue weighted by molar-refractivity contribution is 0.566. The van der Waals surface area contributed by atoms with E-state index in [-0.39, 0.29) is 0 Å². The summed E-state index contributed by atoms with van der Waals surface area (Å²) in [4.78, 5) is 6.52. The Morgan fingerprint density at radius 2 is 2.50 bits per heavy atom. The second-order valence-corrected chi connectivity index (χ2v) is 4.23. The smallest absolute Gasteiger partial charge is 0.185 e. The van der Waals surface area contributed by atoms with Crippen molar-refractivity contribution in [3.05, 3.63) is 11.6 Å². The molecule has 1 fully saturated rings. The highest BCUT2D eigenvalue weighted by atomic mass is 32.1. The summed E-state index contributed by atoms with van der Waals surface area (Å²) in [5.74, 6) is 0.592.